The third-order valence-corrected chi connectivity index (χ3v) is 2.83. The van der Waals surface area contributed by atoms with Gasteiger partial charge in [-0.15, -0.1) is 0 Å². The van der Waals surface area contributed by atoms with Crippen molar-refractivity contribution in [3.05, 3.63) is 35.4 Å². The van der Waals surface area contributed by atoms with Crippen LogP contribution >= 0.6 is 0 Å². The molecule has 0 bridgehead atoms. The predicted octanol–water partition coefficient (Wildman–Crippen LogP) is 3.29. The molecule has 0 aromatic heterocycles. The van der Waals surface area contributed by atoms with E-state index >= 15 is 0 Å². The van der Waals surface area contributed by atoms with Crippen molar-refractivity contribution in [1.29, 1.82) is 0 Å². The van der Waals surface area contributed by atoms with Crippen molar-refractivity contribution in [3.8, 4) is 0 Å². The van der Waals surface area contributed by atoms with Crippen LogP contribution in [-0.2, 0) is 6.18 Å². The molecule has 5 heteroatoms. The molecule has 0 aliphatic rings. The second-order valence-corrected chi connectivity index (χ2v) is 5.34. The van der Waals surface area contributed by atoms with Crippen molar-refractivity contribution < 1.29 is 13.2 Å². The molecule has 108 valence electrons. The van der Waals surface area contributed by atoms with Crippen molar-refractivity contribution in [2.24, 2.45) is 11.7 Å². The molecule has 0 saturated heterocycles. The zero-order valence-electron chi connectivity index (χ0n) is 11.5. The highest BCUT2D eigenvalue weighted by molar-refractivity contribution is 5.28. The lowest BCUT2D eigenvalue weighted by Crippen LogP contribution is -2.31. The van der Waals surface area contributed by atoms with E-state index in [0.29, 0.717) is 18.0 Å². The Kier molecular flexibility index (Phi) is 5.38. The molecule has 19 heavy (non-hydrogen) atoms. The molecule has 0 spiro atoms. The van der Waals surface area contributed by atoms with E-state index in [0.717, 1.165) is 18.7 Å². The number of likely N-dealkylation sites (N-methyl/N-ethyl adjacent to an activating group) is 1. The number of hydrogen-bond acceptors (Lipinski definition) is 2. The van der Waals surface area contributed by atoms with Gasteiger partial charge in [0.25, 0.3) is 0 Å². The largest absolute Gasteiger partial charge is 0.416 e. The summed E-state index contributed by atoms with van der Waals surface area (Å²) in [5.41, 5.74) is 5.85. The van der Waals surface area contributed by atoms with Gasteiger partial charge in [0.1, 0.15) is 0 Å². The van der Waals surface area contributed by atoms with Crippen molar-refractivity contribution in [2.45, 2.75) is 26.1 Å². The summed E-state index contributed by atoms with van der Waals surface area (Å²) in [7, 11) is 1.92. The number of nitrogens with two attached hydrogens (primary N) is 1. The first-order valence-electron chi connectivity index (χ1n) is 6.31. The van der Waals surface area contributed by atoms with Gasteiger partial charge in [0.2, 0.25) is 0 Å². The molecule has 0 fully saturated rings. The Morgan fingerprint density at radius 2 is 1.84 bits per heavy atom. The SMILES string of the molecule is CC(C)CN(C)CC(N)c1cccc(C(F)(F)F)c1. The van der Waals surface area contributed by atoms with E-state index in [2.05, 4.69) is 13.8 Å². The van der Waals surface area contributed by atoms with Crippen LogP contribution in [0.1, 0.15) is 31.0 Å². The number of halogens is 3. The minimum atomic E-state index is -4.32. The maximum absolute atomic E-state index is 12.6. The molecule has 0 radical (unpaired) electrons. The highest BCUT2D eigenvalue weighted by atomic mass is 19.4. The number of alkyl halides is 3. The van der Waals surface area contributed by atoms with Crippen LogP contribution in [0.3, 0.4) is 0 Å². The topological polar surface area (TPSA) is 29.3 Å². The van der Waals surface area contributed by atoms with Gasteiger partial charge >= 0.3 is 6.18 Å². The lowest BCUT2D eigenvalue weighted by atomic mass is 10.0. The van der Waals surface area contributed by atoms with Gasteiger partial charge in [0, 0.05) is 19.1 Å². The number of benzene rings is 1. The van der Waals surface area contributed by atoms with Gasteiger partial charge in [-0.3, -0.25) is 0 Å². The summed E-state index contributed by atoms with van der Waals surface area (Å²) in [5, 5.41) is 0. The Labute approximate surface area is 112 Å². The fourth-order valence-corrected chi connectivity index (χ4v) is 2.08. The highest BCUT2D eigenvalue weighted by Crippen LogP contribution is 2.30. The van der Waals surface area contributed by atoms with Crippen LogP contribution < -0.4 is 5.73 Å². The van der Waals surface area contributed by atoms with Crippen molar-refractivity contribution >= 4 is 0 Å². The Morgan fingerprint density at radius 1 is 1.21 bits per heavy atom. The second-order valence-electron chi connectivity index (χ2n) is 5.34. The van der Waals surface area contributed by atoms with Gasteiger partial charge in [-0.2, -0.15) is 13.2 Å². The summed E-state index contributed by atoms with van der Waals surface area (Å²) in [4.78, 5) is 2.04. The molecular weight excluding hydrogens is 253 g/mol. The van der Waals surface area contributed by atoms with Gasteiger partial charge in [-0.25, -0.2) is 0 Å². The van der Waals surface area contributed by atoms with Gasteiger partial charge in [-0.1, -0.05) is 26.0 Å². The van der Waals surface area contributed by atoms with E-state index in [1.165, 1.54) is 6.07 Å². The molecule has 1 unspecified atom stereocenters. The van der Waals surface area contributed by atoms with Gasteiger partial charge in [0.05, 0.1) is 5.56 Å². The Bertz CT molecular complexity index is 402. The van der Waals surface area contributed by atoms with Crippen LogP contribution in [0.4, 0.5) is 13.2 Å². The third kappa shape index (κ3) is 5.20. The minimum Gasteiger partial charge on any atom is -0.323 e. The Hall–Kier alpha value is -1.07. The van der Waals surface area contributed by atoms with Gasteiger partial charge in [0.15, 0.2) is 0 Å². The predicted molar refractivity (Wildman–Crippen MR) is 70.7 cm³/mol. The van der Waals surface area contributed by atoms with E-state index in [1.54, 1.807) is 6.07 Å². The molecular formula is C14H21F3N2. The molecule has 0 heterocycles. The van der Waals surface area contributed by atoms with Crippen LogP contribution in [0.25, 0.3) is 0 Å². The van der Waals surface area contributed by atoms with Crippen LogP contribution in [-0.4, -0.2) is 25.0 Å². The monoisotopic (exact) mass is 274 g/mol. The van der Waals surface area contributed by atoms with Crippen molar-refractivity contribution in [2.75, 3.05) is 20.1 Å². The molecule has 1 aromatic carbocycles. The van der Waals surface area contributed by atoms with E-state index < -0.39 is 17.8 Å². The lowest BCUT2D eigenvalue weighted by Gasteiger charge is -2.23. The van der Waals surface area contributed by atoms with Gasteiger partial charge < -0.3 is 10.6 Å². The smallest absolute Gasteiger partial charge is 0.323 e. The van der Waals surface area contributed by atoms with Crippen molar-refractivity contribution in [1.82, 2.24) is 4.90 Å². The van der Waals surface area contributed by atoms with E-state index in [-0.39, 0.29) is 0 Å². The second kappa shape index (κ2) is 6.39. The summed E-state index contributed by atoms with van der Waals surface area (Å²) in [5.74, 6) is 0.499. The first kappa shape index (κ1) is 16.0. The molecule has 0 saturated carbocycles. The molecule has 2 nitrogen and oxygen atoms in total. The van der Waals surface area contributed by atoms with Gasteiger partial charge in [-0.05, 0) is 30.7 Å². The van der Waals surface area contributed by atoms with E-state index in [4.69, 9.17) is 5.73 Å². The molecule has 0 aliphatic heterocycles. The molecule has 1 aromatic rings. The standard InChI is InChI=1S/C14H21F3N2/c1-10(2)8-19(3)9-13(18)11-5-4-6-12(7-11)14(15,16)17/h4-7,10,13H,8-9,18H2,1-3H3. The summed E-state index contributed by atoms with van der Waals surface area (Å²) in [6, 6.07) is 4.83. The zero-order valence-corrected chi connectivity index (χ0v) is 11.5. The molecule has 1 atom stereocenters. The van der Waals surface area contributed by atoms with Crippen LogP contribution in [0, 0.1) is 5.92 Å². The third-order valence-electron chi connectivity index (χ3n) is 2.83. The average Bonchev–Trinajstić information content (AvgIpc) is 2.26. The van der Waals surface area contributed by atoms with Crippen LogP contribution in [0.2, 0.25) is 0 Å². The van der Waals surface area contributed by atoms with E-state index in [9.17, 15) is 13.2 Å². The summed E-state index contributed by atoms with van der Waals surface area (Å²) >= 11 is 0. The normalized spacial score (nSPS) is 14.2. The average molecular weight is 274 g/mol. The number of rotatable bonds is 5. The molecule has 0 amide bonds. The molecule has 0 aliphatic carbocycles. The first-order valence-corrected chi connectivity index (χ1v) is 6.31. The fourth-order valence-electron chi connectivity index (χ4n) is 2.08. The first-order chi connectivity index (χ1) is 8.70. The lowest BCUT2D eigenvalue weighted by molar-refractivity contribution is -0.137. The summed E-state index contributed by atoms with van der Waals surface area (Å²) < 4.78 is 37.8. The van der Waals surface area contributed by atoms with Crippen LogP contribution in [0.15, 0.2) is 24.3 Å². The summed E-state index contributed by atoms with van der Waals surface area (Å²) in [6.07, 6.45) is -4.32. The highest BCUT2D eigenvalue weighted by Gasteiger charge is 2.30. The zero-order chi connectivity index (χ0) is 14.6. The van der Waals surface area contributed by atoms with Crippen LogP contribution in [0.5, 0.6) is 0 Å². The quantitative estimate of drug-likeness (QED) is 0.892. The maximum Gasteiger partial charge on any atom is 0.416 e. The Balaban J connectivity index is 2.74. The minimum absolute atomic E-state index is 0.411. The Morgan fingerprint density at radius 3 is 2.37 bits per heavy atom. The number of hydrogen-bond donors (Lipinski definition) is 1. The molecule has 1 rings (SSSR count). The summed E-state index contributed by atoms with van der Waals surface area (Å²) in [6.45, 7) is 5.59. The maximum atomic E-state index is 12.6. The fraction of sp³-hybridized carbons (Fsp3) is 0.571. The van der Waals surface area contributed by atoms with Crippen molar-refractivity contribution in [3.63, 3.8) is 0 Å². The number of nitrogens with zero attached hydrogens (tertiary/aromatic N) is 1. The van der Waals surface area contributed by atoms with E-state index in [1.807, 2.05) is 11.9 Å². The molecule has 2 N–H and O–H groups in total.